The molecule has 1 saturated carbocycles. The lowest BCUT2D eigenvalue weighted by Gasteiger charge is -2.15. The van der Waals surface area contributed by atoms with Crippen LogP contribution in [0.4, 0.5) is 5.69 Å². The first-order valence-electron chi connectivity index (χ1n) is 7.04. The summed E-state index contributed by atoms with van der Waals surface area (Å²) in [6.45, 7) is 2.77. The zero-order valence-corrected chi connectivity index (χ0v) is 12.6. The van der Waals surface area contributed by atoms with Gasteiger partial charge in [0.1, 0.15) is 5.75 Å². The van der Waals surface area contributed by atoms with Crippen molar-refractivity contribution in [2.24, 2.45) is 5.73 Å². The Labute approximate surface area is 120 Å². The average molecular weight is 298 g/mol. The maximum absolute atomic E-state index is 12.2. The van der Waals surface area contributed by atoms with Crippen LogP contribution in [0.3, 0.4) is 0 Å². The molecule has 0 unspecified atom stereocenters. The number of nitrogens with one attached hydrogen (secondary N) is 1. The number of rotatable bonds is 6. The summed E-state index contributed by atoms with van der Waals surface area (Å²) in [5.74, 6) is 0.707. The van der Waals surface area contributed by atoms with Crippen molar-refractivity contribution >= 4 is 15.7 Å². The second-order valence-corrected chi connectivity index (χ2v) is 6.97. The van der Waals surface area contributed by atoms with Gasteiger partial charge in [-0.05, 0) is 38.0 Å². The molecule has 6 heteroatoms. The lowest BCUT2D eigenvalue weighted by molar-refractivity contribution is 0.336. The molecule has 1 aliphatic carbocycles. The Morgan fingerprint density at radius 3 is 2.65 bits per heavy atom. The van der Waals surface area contributed by atoms with E-state index in [1.165, 1.54) is 0 Å². The fourth-order valence-corrected chi connectivity index (χ4v) is 4.12. The number of ether oxygens (including phenoxy) is 1. The molecule has 1 fully saturated rings. The second-order valence-electron chi connectivity index (χ2n) is 5.01. The van der Waals surface area contributed by atoms with Crippen LogP contribution in [0.1, 0.15) is 38.2 Å². The Hall–Kier alpha value is -1.27. The zero-order chi connectivity index (χ0) is 14.6. The standard InChI is InChI=1S/C14H22N2O3S/c1-2-19-14-8-7-12(9-11(14)10-15)16-20(17,18)13-5-3-4-6-13/h7-9,13,16H,2-6,10,15H2,1H3. The van der Waals surface area contributed by atoms with Gasteiger partial charge in [0.15, 0.2) is 0 Å². The highest BCUT2D eigenvalue weighted by atomic mass is 32.2. The SMILES string of the molecule is CCOc1ccc(NS(=O)(=O)C2CCCC2)cc1CN. The second kappa shape index (κ2) is 6.45. The normalized spacial score (nSPS) is 16.3. The minimum Gasteiger partial charge on any atom is -0.494 e. The van der Waals surface area contributed by atoms with Gasteiger partial charge in [-0.1, -0.05) is 12.8 Å². The molecule has 0 heterocycles. The summed E-state index contributed by atoms with van der Waals surface area (Å²) in [6, 6.07) is 5.23. The van der Waals surface area contributed by atoms with Crippen molar-refractivity contribution < 1.29 is 13.2 Å². The molecule has 1 aliphatic rings. The molecule has 1 aromatic carbocycles. The summed E-state index contributed by atoms with van der Waals surface area (Å²) < 4.78 is 32.6. The third kappa shape index (κ3) is 3.43. The van der Waals surface area contributed by atoms with Crippen molar-refractivity contribution in [3.05, 3.63) is 23.8 Å². The van der Waals surface area contributed by atoms with E-state index in [0.29, 0.717) is 24.6 Å². The van der Waals surface area contributed by atoms with E-state index >= 15 is 0 Å². The van der Waals surface area contributed by atoms with E-state index < -0.39 is 10.0 Å². The predicted octanol–water partition coefficient (Wildman–Crippen LogP) is 2.23. The molecule has 0 amide bonds. The largest absolute Gasteiger partial charge is 0.494 e. The number of anilines is 1. The maximum atomic E-state index is 12.2. The lowest BCUT2D eigenvalue weighted by atomic mass is 10.2. The van der Waals surface area contributed by atoms with E-state index in [9.17, 15) is 8.42 Å². The highest BCUT2D eigenvalue weighted by molar-refractivity contribution is 7.93. The first kappa shape index (κ1) is 15.1. The van der Waals surface area contributed by atoms with Crippen molar-refractivity contribution in [3.63, 3.8) is 0 Å². The molecule has 20 heavy (non-hydrogen) atoms. The van der Waals surface area contributed by atoms with Gasteiger partial charge in [-0.25, -0.2) is 8.42 Å². The quantitative estimate of drug-likeness (QED) is 0.844. The summed E-state index contributed by atoms with van der Waals surface area (Å²) >= 11 is 0. The molecule has 0 spiro atoms. The van der Waals surface area contributed by atoms with Gasteiger partial charge in [0.05, 0.1) is 11.9 Å². The van der Waals surface area contributed by atoms with Gasteiger partial charge in [-0.15, -0.1) is 0 Å². The molecule has 0 saturated heterocycles. The van der Waals surface area contributed by atoms with Crippen LogP contribution in [0.5, 0.6) is 5.75 Å². The average Bonchev–Trinajstić information content (AvgIpc) is 2.95. The number of nitrogens with two attached hydrogens (primary N) is 1. The summed E-state index contributed by atoms with van der Waals surface area (Å²) in [5, 5.41) is -0.268. The van der Waals surface area contributed by atoms with Gasteiger partial charge < -0.3 is 10.5 Å². The van der Waals surface area contributed by atoms with Gasteiger partial charge in [0.25, 0.3) is 0 Å². The van der Waals surface area contributed by atoms with Gasteiger partial charge in [-0.3, -0.25) is 4.72 Å². The number of hydrogen-bond donors (Lipinski definition) is 2. The molecule has 0 radical (unpaired) electrons. The van der Waals surface area contributed by atoms with Crippen LogP contribution in [-0.4, -0.2) is 20.3 Å². The fraction of sp³-hybridized carbons (Fsp3) is 0.571. The van der Waals surface area contributed by atoms with Crippen molar-refractivity contribution in [1.29, 1.82) is 0 Å². The van der Waals surface area contributed by atoms with Gasteiger partial charge >= 0.3 is 0 Å². The first-order chi connectivity index (χ1) is 9.56. The predicted molar refractivity (Wildman–Crippen MR) is 80.3 cm³/mol. The highest BCUT2D eigenvalue weighted by Crippen LogP contribution is 2.28. The molecule has 2 rings (SSSR count). The zero-order valence-electron chi connectivity index (χ0n) is 11.8. The number of sulfonamides is 1. The summed E-state index contributed by atoms with van der Waals surface area (Å²) in [6.07, 6.45) is 3.47. The Kier molecular flexibility index (Phi) is 4.88. The molecule has 3 N–H and O–H groups in total. The van der Waals surface area contributed by atoms with Crippen LogP contribution >= 0.6 is 0 Å². The molecule has 5 nitrogen and oxygen atoms in total. The number of hydrogen-bond acceptors (Lipinski definition) is 4. The third-order valence-electron chi connectivity index (χ3n) is 3.58. The van der Waals surface area contributed by atoms with Crippen molar-refractivity contribution in [2.45, 2.75) is 44.4 Å². The van der Waals surface area contributed by atoms with E-state index in [1.807, 2.05) is 6.92 Å². The van der Waals surface area contributed by atoms with Gasteiger partial charge in [0, 0.05) is 17.8 Å². The van der Waals surface area contributed by atoms with Crippen molar-refractivity contribution in [1.82, 2.24) is 0 Å². The van der Waals surface area contributed by atoms with Gasteiger partial charge in [-0.2, -0.15) is 0 Å². The Morgan fingerprint density at radius 1 is 1.35 bits per heavy atom. The molecular weight excluding hydrogens is 276 g/mol. The minimum absolute atomic E-state index is 0.268. The Morgan fingerprint density at radius 2 is 2.05 bits per heavy atom. The van der Waals surface area contributed by atoms with Crippen LogP contribution in [0.25, 0.3) is 0 Å². The van der Waals surface area contributed by atoms with E-state index in [2.05, 4.69) is 4.72 Å². The Bertz CT molecular complexity index is 552. The molecule has 0 aliphatic heterocycles. The number of benzene rings is 1. The van der Waals surface area contributed by atoms with Crippen LogP contribution in [0.15, 0.2) is 18.2 Å². The van der Waals surface area contributed by atoms with Crippen LogP contribution in [0, 0.1) is 0 Å². The third-order valence-corrected chi connectivity index (χ3v) is 5.45. The molecule has 0 atom stereocenters. The maximum Gasteiger partial charge on any atom is 0.235 e. The van der Waals surface area contributed by atoms with E-state index in [-0.39, 0.29) is 5.25 Å². The first-order valence-corrected chi connectivity index (χ1v) is 8.59. The van der Waals surface area contributed by atoms with E-state index in [0.717, 1.165) is 31.2 Å². The van der Waals surface area contributed by atoms with E-state index in [1.54, 1.807) is 18.2 Å². The lowest BCUT2D eigenvalue weighted by Crippen LogP contribution is -2.25. The van der Waals surface area contributed by atoms with Crippen molar-refractivity contribution in [2.75, 3.05) is 11.3 Å². The van der Waals surface area contributed by atoms with E-state index in [4.69, 9.17) is 10.5 Å². The Balaban J connectivity index is 2.17. The molecule has 0 aromatic heterocycles. The monoisotopic (exact) mass is 298 g/mol. The van der Waals surface area contributed by atoms with Gasteiger partial charge in [0.2, 0.25) is 10.0 Å². The highest BCUT2D eigenvalue weighted by Gasteiger charge is 2.28. The molecule has 1 aromatic rings. The summed E-state index contributed by atoms with van der Waals surface area (Å²) in [4.78, 5) is 0. The minimum atomic E-state index is -3.29. The molecule has 112 valence electrons. The summed E-state index contributed by atoms with van der Waals surface area (Å²) in [5.41, 5.74) is 7.04. The summed E-state index contributed by atoms with van der Waals surface area (Å²) in [7, 11) is -3.29. The smallest absolute Gasteiger partial charge is 0.235 e. The van der Waals surface area contributed by atoms with Crippen LogP contribution < -0.4 is 15.2 Å². The van der Waals surface area contributed by atoms with Crippen LogP contribution in [-0.2, 0) is 16.6 Å². The molecule has 0 bridgehead atoms. The topological polar surface area (TPSA) is 81.4 Å². The fourth-order valence-electron chi connectivity index (χ4n) is 2.55. The van der Waals surface area contributed by atoms with Crippen molar-refractivity contribution in [3.8, 4) is 5.75 Å². The van der Waals surface area contributed by atoms with Crippen LogP contribution in [0.2, 0.25) is 0 Å². The molecular formula is C14H22N2O3S.